The van der Waals surface area contributed by atoms with Crippen LogP contribution in [0.3, 0.4) is 0 Å². The Morgan fingerprint density at radius 3 is 2.28 bits per heavy atom. The summed E-state index contributed by atoms with van der Waals surface area (Å²) in [5.74, 6) is 2.53. The highest BCUT2D eigenvalue weighted by Gasteiger charge is 2.18. The van der Waals surface area contributed by atoms with Gasteiger partial charge in [-0.2, -0.15) is 0 Å². The SMILES string of the molecule is CCNC(=NCc1ccc(OC)cc1)NCC(c1ccccc1OC)N(C)C.I. The number of guanidine groups is 1. The van der Waals surface area contributed by atoms with E-state index in [0.29, 0.717) is 13.1 Å². The molecule has 0 fully saturated rings. The maximum atomic E-state index is 5.54. The number of benzene rings is 2. The summed E-state index contributed by atoms with van der Waals surface area (Å²) < 4.78 is 10.8. The molecule has 29 heavy (non-hydrogen) atoms. The third kappa shape index (κ3) is 7.74. The summed E-state index contributed by atoms with van der Waals surface area (Å²) >= 11 is 0. The molecule has 0 amide bonds. The topological polar surface area (TPSA) is 58.1 Å². The molecule has 0 spiro atoms. The van der Waals surface area contributed by atoms with Gasteiger partial charge in [-0.25, -0.2) is 4.99 Å². The van der Waals surface area contributed by atoms with Crippen molar-refractivity contribution >= 4 is 29.9 Å². The summed E-state index contributed by atoms with van der Waals surface area (Å²) in [6.07, 6.45) is 0. The van der Waals surface area contributed by atoms with Crippen LogP contribution in [-0.2, 0) is 6.54 Å². The minimum absolute atomic E-state index is 0. The Kier molecular flexibility index (Phi) is 11.5. The van der Waals surface area contributed by atoms with Crippen molar-refractivity contribution in [2.75, 3.05) is 41.4 Å². The second kappa shape index (κ2) is 13.3. The van der Waals surface area contributed by atoms with Gasteiger partial charge in [-0.1, -0.05) is 30.3 Å². The maximum Gasteiger partial charge on any atom is 0.191 e. The third-order valence-electron chi connectivity index (χ3n) is 4.51. The van der Waals surface area contributed by atoms with Crippen molar-refractivity contribution in [2.24, 2.45) is 4.99 Å². The lowest BCUT2D eigenvalue weighted by atomic mass is 10.0. The molecule has 1 unspecified atom stereocenters. The van der Waals surface area contributed by atoms with E-state index >= 15 is 0 Å². The first-order valence-electron chi connectivity index (χ1n) is 9.53. The van der Waals surface area contributed by atoms with E-state index in [1.807, 2.05) is 42.5 Å². The molecule has 160 valence electrons. The second-order valence-corrected chi connectivity index (χ2v) is 6.65. The molecule has 6 nitrogen and oxygen atoms in total. The van der Waals surface area contributed by atoms with Crippen LogP contribution in [0.15, 0.2) is 53.5 Å². The highest BCUT2D eigenvalue weighted by atomic mass is 127. The molecule has 0 bridgehead atoms. The van der Waals surface area contributed by atoms with Crippen LogP contribution in [0.2, 0.25) is 0 Å². The van der Waals surface area contributed by atoms with Gasteiger partial charge in [0.15, 0.2) is 5.96 Å². The molecule has 2 aromatic carbocycles. The van der Waals surface area contributed by atoms with E-state index in [2.05, 4.69) is 42.6 Å². The molecule has 2 N–H and O–H groups in total. The number of halogens is 1. The molecule has 2 aromatic rings. The van der Waals surface area contributed by atoms with Gasteiger partial charge in [0.25, 0.3) is 0 Å². The number of rotatable bonds is 9. The number of aliphatic imine (C=N–C) groups is 1. The fourth-order valence-electron chi connectivity index (χ4n) is 2.95. The van der Waals surface area contributed by atoms with Gasteiger partial charge in [0.2, 0.25) is 0 Å². The number of methoxy groups -OCH3 is 2. The van der Waals surface area contributed by atoms with Crippen LogP contribution < -0.4 is 20.1 Å². The van der Waals surface area contributed by atoms with E-state index in [1.54, 1.807) is 14.2 Å². The minimum Gasteiger partial charge on any atom is -0.497 e. The van der Waals surface area contributed by atoms with Crippen molar-refractivity contribution in [1.82, 2.24) is 15.5 Å². The van der Waals surface area contributed by atoms with Crippen molar-refractivity contribution in [3.8, 4) is 11.5 Å². The Balaban J connectivity index is 0.00000420. The molecule has 7 heteroatoms. The van der Waals surface area contributed by atoms with Gasteiger partial charge < -0.3 is 25.0 Å². The fraction of sp³-hybridized carbons (Fsp3) is 0.409. The predicted octanol–water partition coefficient (Wildman–Crippen LogP) is 3.68. The number of hydrogen-bond donors (Lipinski definition) is 2. The quantitative estimate of drug-likeness (QED) is 0.305. The smallest absolute Gasteiger partial charge is 0.191 e. The van der Waals surface area contributed by atoms with Crippen LogP contribution in [0.5, 0.6) is 11.5 Å². The van der Waals surface area contributed by atoms with Crippen molar-refractivity contribution in [2.45, 2.75) is 19.5 Å². The Morgan fingerprint density at radius 2 is 1.69 bits per heavy atom. The summed E-state index contributed by atoms with van der Waals surface area (Å²) in [4.78, 5) is 6.89. The van der Waals surface area contributed by atoms with Crippen molar-refractivity contribution in [1.29, 1.82) is 0 Å². The van der Waals surface area contributed by atoms with Crippen LogP contribution in [0, 0.1) is 0 Å². The Morgan fingerprint density at radius 1 is 1.00 bits per heavy atom. The molecule has 1 atom stereocenters. The Hall–Kier alpha value is -2.00. The second-order valence-electron chi connectivity index (χ2n) is 6.65. The largest absolute Gasteiger partial charge is 0.497 e. The summed E-state index contributed by atoms with van der Waals surface area (Å²) in [5.41, 5.74) is 2.28. The standard InChI is InChI=1S/C22H32N4O2.HI/c1-6-23-22(24-15-17-11-13-18(27-4)14-12-17)25-16-20(26(2)3)19-9-7-8-10-21(19)28-5;/h7-14,20H,6,15-16H2,1-5H3,(H2,23,24,25);1H. The number of ether oxygens (including phenoxy) is 2. The highest BCUT2D eigenvalue weighted by molar-refractivity contribution is 14.0. The monoisotopic (exact) mass is 512 g/mol. The van der Waals surface area contributed by atoms with Crippen molar-refractivity contribution < 1.29 is 9.47 Å². The summed E-state index contributed by atoms with van der Waals surface area (Å²) in [5, 5.41) is 6.78. The minimum atomic E-state index is 0. The zero-order valence-corrected chi connectivity index (χ0v) is 20.3. The van der Waals surface area contributed by atoms with Crippen molar-refractivity contribution in [3.05, 3.63) is 59.7 Å². The molecule has 0 aliphatic heterocycles. The van der Waals surface area contributed by atoms with Crippen LogP contribution in [0.1, 0.15) is 24.1 Å². The van der Waals surface area contributed by atoms with Crippen LogP contribution >= 0.6 is 24.0 Å². The van der Waals surface area contributed by atoms with E-state index in [4.69, 9.17) is 14.5 Å². The van der Waals surface area contributed by atoms with Gasteiger partial charge in [-0.05, 0) is 44.8 Å². The summed E-state index contributed by atoms with van der Waals surface area (Å²) in [7, 11) is 7.52. The fourth-order valence-corrected chi connectivity index (χ4v) is 2.95. The molecule has 2 rings (SSSR count). The predicted molar refractivity (Wildman–Crippen MR) is 131 cm³/mol. The van der Waals surface area contributed by atoms with Crippen molar-refractivity contribution in [3.63, 3.8) is 0 Å². The highest BCUT2D eigenvalue weighted by Crippen LogP contribution is 2.27. The molecule has 0 saturated carbocycles. The van der Waals surface area contributed by atoms with E-state index < -0.39 is 0 Å². The van der Waals surface area contributed by atoms with Gasteiger partial charge >= 0.3 is 0 Å². The van der Waals surface area contributed by atoms with E-state index in [0.717, 1.165) is 35.1 Å². The van der Waals surface area contributed by atoms with Crippen LogP contribution in [-0.4, -0.2) is 52.3 Å². The molecular formula is C22H33IN4O2. The van der Waals surface area contributed by atoms with E-state index in [-0.39, 0.29) is 30.0 Å². The molecule has 0 aliphatic rings. The molecular weight excluding hydrogens is 479 g/mol. The number of nitrogens with zero attached hydrogens (tertiary/aromatic N) is 2. The Bertz CT molecular complexity index is 751. The molecule has 0 aromatic heterocycles. The number of hydrogen-bond acceptors (Lipinski definition) is 4. The normalized spacial score (nSPS) is 12.1. The average Bonchev–Trinajstić information content (AvgIpc) is 2.72. The number of para-hydroxylation sites is 1. The van der Waals surface area contributed by atoms with Gasteiger partial charge in [-0.3, -0.25) is 0 Å². The van der Waals surface area contributed by atoms with Gasteiger partial charge in [-0.15, -0.1) is 24.0 Å². The zero-order chi connectivity index (χ0) is 20.4. The first-order chi connectivity index (χ1) is 13.6. The maximum absolute atomic E-state index is 5.54. The lowest BCUT2D eigenvalue weighted by Crippen LogP contribution is -2.41. The summed E-state index contributed by atoms with van der Waals surface area (Å²) in [6, 6.07) is 16.2. The van der Waals surface area contributed by atoms with E-state index in [1.165, 1.54) is 0 Å². The first-order valence-corrected chi connectivity index (χ1v) is 9.53. The van der Waals surface area contributed by atoms with Gasteiger partial charge in [0.05, 0.1) is 26.8 Å². The van der Waals surface area contributed by atoms with E-state index in [9.17, 15) is 0 Å². The molecule has 0 aliphatic carbocycles. The van der Waals surface area contributed by atoms with Crippen LogP contribution in [0.25, 0.3) is 0 Å². The van der Waals surface area contributed by atoms with Crippen LogP contribution in [0.4, 0.5) is 0 Å². The average molecular weight is 512 g/mol. The molecule has 0 radical (unpaired) electrons. The molecule has 0 heterocycles. The Labute approximate surface area is 191 Å². The lowest BCUT2D eigenvalue weighted by Gasteiger charge is -2.27. The number of likely N-dealkylation sites (N-methyl/N-ethyl adjacent to an activating group) is 1. The third-order valence-corrected chi connectivity index (χ3v) is 4.51. The zero-order valence-electron chi connectivity index (χ0n) is 17.9. The summed E-state index contributed by atoms with van der Waals surface area (Å²) in [6.45, 7) is 4.17. The van der Waals surface area contributed by atoms with Gasteiger partial charge in [0, 0.05) is 18.7 Å². The van der Waals surface area contributed by atoms with Gasteiger partial charge in [0.1, 0.15) is 11.5 Å². The number of nitrogens with one attached hydrogen (secondary N) is 2. The molecule has 0 saturated heterocycles. The lowest BCUT2D eigenvalue weighted by molar-refractivity contribution is 0.287. The first kappa shape index (κ1) is 25.0.